The molecule has 1 aromatic carbocycles. The molecule has 1 heterocycles. The fourth-order valence-electron chi connectivity index (χ4n) is 2.10. The molecule has 2 aromatic rings. The van der Waals surface area contributed by atoms with Crippen LogP contribution in [0.15, 0.2) is 35.1 Å². The smallest absolute Gasteiger partial charge is 0.356 e. The number of aromatic nitrogens is 2. The summed E-state index contributed by atoms with van der Waals surface area (Å²) < 4.78 is 7.81. The number of nitrogens with zero attached hydrogens (tertiary/aromatic N) is 2. The number of carbonyl (C=O) groups is 1. The van der Waals surface area contributed by atoms with Crippen LogP contribution in [0.2, 0.25) is 0 Å². The first kappa shape index (κ1) is 13.1. The van der Waals surface area contributed by atoms with Crippen molar-refractivity contribution in [3.8, 4) is 5.69 Å². The lowest BCUT2D eigenvalue weighted by Gasteiger charge is -2.04. The van der Waals surface area contributed by atoms with Crippen molar-refractivity contribution in [2.75, 3.05) is 6.61 Å². The minimum absolute atomic E-state index is 0.258. The second-order valence-corrected chi connectivity index (χ2v) is 4.17. The van der Waals surface area contributed by atoms with Crippen LogP contribution < -0.4 is 5.69 Å². The molecule has 0 spiro atoms. The zero-order valence-corrected chi connectivity index (χ0v) is 11.2. The quantitative estimate of drug-likeness (QED) is 0.789. The summed E-state index contributed by atoms with van der Waals surface area (Å²) in [5, 5.41) is 0. The van der Waals surface area contributed by atoms with Gasteiger partial charge in [0.25, 0.3) is 0 Å². The molecule has 0 saturated heterocycles. The lowest BCUT2D eigenvalue weighted by atomic mass is 10.3. The van der Waals surface area contributed by atoms with Gasteiger partial charge in [0, 0.05) is 7.05 Å². The van der Waals surface area contributed by atoms with Gasteiger partial charge in [0.15, 0.2) is 5.69 Å². The lowest BCUT2D eigenvalue weighted by Crippen LogP contribution is -2.22. The van der Waals surface area contributed by atoms with Gasteiger partial charge in [0.2, 0.25) is 0 Å². The molecule has 0 aliphatic carbocycles. The molecule has 5 heteroatoms. The van der Waals surface area contributed by atoms with Gasteiger partial charge in [-0.25, -0.2) is 9.59 Å². The van der Waals surface area contributed by atoms with Gasteiger partial charge >= 0.3 is 11.7 Å². The average Bonchev–Trinajstić information content (AvgIpc) is 2.62. The molecule has 0 N–H and O–H groups in total. The fraction of sp³-hybridized carbons (Fsp3) is 0.286. The molecule has 0 bridgehead atoms. The number of ether oxygens (including phenoxy) is 1. The second kappa shape index (κ2) is 5.14. The summed E-state index contributed by atoms with van der Waals surface area (Å²) in [7, 11) is 1.57. The van der Waals surface area contributed by atoms with E-state index in [1.807, 2.05) is 30.3 Å². The average molecular weight is 260 g/mol. The Labute approximate surface area is 111 Å². The molecule has 0 amide bonds. The van der Waals surface area contributed by atoms with E-state index >= 15 is 0 Å². The Morgan fingerprint density at radius 1 is 1.26 bits per heavy atom. The Morgan fingerprint density at radius 3 is 2.47 bits per heavy atom. The van der Waals surface area contributed by atoms with Gasteiger partial charge in [-0.05, 0) is 26.0 Å². The standard InChI is InChI=1S/C14H16N2O3/c1-4-19-13(17)12-10(2)16(14(18)15(12)3)11-8-6-5-7-9-11/h5-9H,4H2,1-3H3. The van der Waals surface area contributed by atoms with Gasteiger partial charge in [-0.1, -0.05) is 18.2 Å². The van der Waals surface area contributed by atoms with E-state index in [-0.39, 0.29) is 18.0 Å². The molecule has 0 unspecified atom stereocenters. The van der Waals surface area contributed by atoms with Gasteiger partial charge in [0.05, 0.1) is 18.0 Å². The van der Waals surface area contributed by atoms with Crippen LogP contribution in [-0.4, -0.2) is 21.7 Å². The maximum atomic E-state index is 12.2. The first-order chi connectivity index (χ1) is 9.07. The molecule has 2 rings (SSSR count). The van der Waals surface area contributed by atoms with Gasteiger partial charge < -0.3 is 4.74 Å². The van der Waals surface area contributed by atoms with Crippen LogP contribution in [0.5, 0.6) is 0 Å². The van der Waals surface area contributed by atoms with E-state index in [9.17, 15) is 9.59 Å². The van der Waals surface area contributed by atoms with Crippen molar-refractivity contribution in [1.29, 1.82) is 0 Å². The zero-order valence-electron chi connectivity index (χ0n) is 11.2. The molecule has 1 aromatic heterocycles. The van der Waals surface area contributed by atoms with Crippen LogP contribution in [-0.2, 0) is 11.8 Å². The van der Waals surface area contributed by atoms with Crippen molar-refractivity contribution in [3.05, 3.63) is 52.2 Å². The van der Waals surface area contributed by atoms with E-state index in [1.54, 1.807) is 20.9 Å². The number of hydrogen-bond acceptors (Lipinski definition) is 3. The van der Waals surface area contributed by atoms with Gasteiger partial charge in [-0.2, -0.15) is 0 Å². The van der Waals surface area contributed by atoms with Crippen molar-refractivity contribution >= 4 is 5.97 Å². The third kappa shape index (κ3) is 2.19. The Kier molecular flexibility index (Phi) is 3.55. The van der Waals surface area contributed by atoms with Crippen LogP contribution in [0.25, 0.3) is 5.69 Å². The summed E-state index contributed by atoms with van der Waals surface area (Å²) in [6.45, 7) is 3.75. The molecular formula is C14H16N2O3. The minimum atomic E-state index is -0.478. The van der Waals surface area contributed by atoms with Gasteiger partial charge in [-0.3, -0.25) is 9.13 Å². The SMILES string of the molecule is CCOC(=O)c1c(C)n(-c2ccccc2)c(=O)n1C. The van der Waals surface area contributed by atoms with E-state index < -0.39 is 5.97 Å². The monoisotopic (exact) mass is 260 g/mol. The summed E-state index contributed by atoms with van der Waals surface area (Å²) in [5.74, 6) is -0.478. The summed E-state index contributed by atoms with van der Waals surface area (Å²) in [6, 6.07) is 9.21. The summed E-state index contributed by atoms with van der Waals surface area (Å²) in [5.41, 5.74) is 1.34. The largest absolute Gasteiger partial charge is 0.461 e. The van der Waals surface area contributed by atoms with Crippen LogP contribution in [0.3, 0.4) is 0 Å². The zero-order chi connectivity index (χ0) is 14.0. The molecule has 100 valence electrons. The number of para-hydroxylation sites is 1. The molecule has 0 saturated carbocycles. The third-order valence-electron chi connectivity index (χ3n) is 2.97. The van der Waals surface area contributed by atoms with Gasteiger partial charge in [0.1, 0.15) is 0 Å². The first-order valence-corrected chi connectivity index (χ1v) is 6.08. The first-order valence-electron chi connectivity index (χ1n) is 6.08. The number of hydrogen-bond donors (Lipinski definition) is 0. The Balaban J connectivity index is 2.63. The molecule has 19 heavy (non-hydrogen) atoms. The molecule has 0 aliphatic heterocycles. The lowest BCUT2D eigenvalue weighted by molar-refractivity contribution is 0.0514. The van der Waals surface area contributed by atoms with Gasteiger partial charge in [-0.15, -0.1) is 0 Å². The van der Waals surface area contributed by atoms with E-state index in [0.717, 1.165) is 5.69 Å². The topological polar surface area (TPSA) is 53.2 Å². The number of esters is 1. The Hall–Kier alpha value is -2.30. The number of benzene rings is 1. The van der Waals surface area contributed by atoms with Crippen molar-refractivity contribution in [3.63, 3.8) is 0 Å². The van der Waals surface area contributed by atoms with Crippen LogP contribution in [0, 0.1) is 6.92 Å². The Bertz CT molecular complexity index is 653. The van der Waals surface area contributed by atoms with E-state index in [2.05, 4.69) is 0 Å². The third-order valence-corrected chi connectivity index (χ3v) is 2.97. The van der Waals surface area contributed by atoms with Crippen molar-refractivity contribution in [2.45, 2.75) is 13.8 Å². The highest BCUT2D eigenvalue weighted by atomic mass is 16.5. The van der Waals surface area contributed by atoms with E-state index in [0.29, 0.717) is 5.69 Å². The molecule has 0 fully saturated rings. The minimum Gasteiger partial charge on any atom is -0.461 e. The highest BCUT2D eigenvalue weighted by Gasteiger charge is 2.22. The number of carbonyl (C=O) groups excluding carboxylic acids is 1. The molecule has 0 aliphatic rings. The Morgan fingerprint density at radius 2 is 1.89 bits per heavy atom. The highest BCUT2D eigenvalue weighted by molar-refractivity contribution is 5.89. The molecule has 0 atom stereocenters. The highest BCUT2D eigenvalue weighted by Crippen LogP contribution is 2.13. The second-order valence-electron chi connectivity index (χ2n) is 4.17. The molecule has 5 nitrogen and oxygen atoms in total. The normalized spacial score (nSPS) is 10.5. The summed E-state index contributed by atoms with van der Waals surface area (Å²) >= 11 is 0. The van der Waals surface area contributed by atoms with Crippen molar-refractivity contribution in [1.82, 2.24) is 9.13 Å². The van der Waals surface area contributed by atoms with Crippen molar-refractivity contribution < 1.29 is 9.53 Å². The maximum Gasteiger partial charge on any atom is 0.356 e. The van der Waals surface area contributed by atoms with Crippen molar-refractivity contribution in [2.24, 2.45) is 7.05 Å². The summed E-state index contributed by atoms with van der Waals surface area (Å²) in [6.07, 6.45) is 0. The van der Waals surface area contributed by atoms with Crippen LogP contribution in [0.4, 0.5) is 0 Å². The van der Waals surface area contributed by atoms with E-state index in [4.69, 9.17) is 4.74 Å². The summed E-state index contributed by atoms with van der Waals surface area (Å²) in [4.78, 5) is 24.1. The predicted molar refractivity (Wildman–Crippen MR) is 71.7 cm³/mol. The van der Waals surface area contributed by atoms with Crippen LogP contribution >= 0.6 is 0 Å². The predicted octanol–water partition coefficient (Wildman–Crippen LogP) is 1.66. The fourth-order valence-corrected chi connectivity index (χ4v) is 2.10. The van der Waals surface area contributed by atoms with Crippen LogP contribution in [0.1, 0.15) is 23.1 Å². The molecular weight excluding hydrogens is 244 g/mol. The molecule has 0 radical (unpaired) electrons. The van der Waals surface area contributed by atoms with E-state index in [1.165, 1.54) is 9.13 Å². The number of imidazole rings is 1. The number of rotatable bonds is 3. The maximum absolute atomic E-state index is 12.2.